The quantitative estimate of drug-likeness (QED) is 0.318. The van der Waals surface area contributed by atoms with Crippen molar-refractivity contribution in [1.29, 1.82) is 0 Å². The zero-order valence-corrected chi connectivity index (χ0v) is 2.59. The van der Waals surface area contributed by atoms with E-state index in [1.165, 1.54) is 0 Å². The van der Waals surface area contributed by atoms with Crippen molar-refractivity contribution in [3.05, 3.63) is 0 Å². The van der Waals surface area contributed by atoms with Gasteiger partial charge in [-0.05, 0) is 0 Å². The van der Waals surface area contributed by atoms with E-state index in [9.17, 15) is 0 Å². The van der Waals surface area contributed by atoms with Gasteiger partial charge in [0.05, 0.1) is 0 Å². The Bertz CT molecular complexity index is 13.5. The molecule has 2 nitrogen and oxygen atoms in total. The Balaban J connectivity index is 0. The van der Waals surface area contributed by atoms with Crippen molar-refractivity contribution in [3.8, 4) is 0 Å². The Labute approximate surface area is 68.3 Å². The van der Waals surface area contributed by atoms with E-state index in [4.69, 9.17) is 9.46 Å². The summed E-state index contributed by atoms with van der Waals surface area (Å²) in [6.45, 7) is 0. The van der Waals surface area contributed by atoms with Crippen molar-refractivity contribution in [2.24, 2.45) is 0 Å². The van der Waals surface area contributed by atoms with Crippen LogP contribution in [0.5, 0.6) is 0 Å². The topological polar surface area (TPSA) is 37.3 Å². The van der Waals surface area contributed by atoms with Crippen LogP contribution in [-0.4, -0.2) is 56.3 Å². The fraction of sp³-hybridized carbons (Fsp3) is 0. The summed E-state index contributed by atoms with van der Waals surface area (Å²) in [6.07, 6.45) is 0. The van der Waals surface area contributed by atoms with E-state index in [-0.39, 0.29) is 51.4 Å². The van der Waals surface area contributed by atoms with E-state index in [1.807, 2.05) is 0 Å². The zero-order valence-electron chi connectivity index (χ0n) is 1.43. The first-order valence-corrected chi connectivity index (χ1v) is 1.48. The van der Waals surface area contributed by atoms with Gasteiger partial charge >= 0.3 is 51.4 Å². The molecule has 1 N–H and O–H groups in total. The fourth-order valence-corrected chi connectivity index (χ4v) is 0. The van der Waals surface area contributed by atoms with E-state index in [0.717, 1.165) is 0 Å². The molecule has 0 spiro atoms. The van der Waals surface area contributed by atoms with Gasteiger partial charge in [0.15, 0.2) is 8.69 Å². The third-order valence-electron chi connectivity index (χ3n) is 0. The molecule has 0 amide bonds. The Morgan fingerprint density at radius 3 is 1.75 bits per heavy atom. The van der Waals surface area contributed by atoms with Crippen LogP contribution in [0.3, 0.4) is 0 Å². The molecular formula is H4KO2P. The summed E-state index contributed by atoms with van der Waals surface area (Å²) in [7, 11) is -1.50. The second kappa shape index (κ2) is 8.85. The number of hydrogen-bond donors (Lipinski definition) is 1. The molecule has 0 bridgehead atoms. The van der Waals surface area contributed by atoms with Crippen molar-refractivity contribution in [3.63, 3.8) is 0 Å². The molecule has 0 aromatic rings. The van der Waals surface area contributed by atoms with Gasteiger partial charge in [-0.3, -0.25) is 4.57 Å². The van der Waals surface area contributed by atoms with Crippen molar-refractivity contribution < 1.29 is 9.46 Å². The molecule has 4 heteroatoms. The predicted octanol–water partition coefficient (Wildman–Crippen LogP) is -0.999. The average molecular weight is 106 g/mol. The Morgan fingerprint density at radius 2 is 1.75 bits per heavy atom. The first-order chi connectivity index (χ1) is 1.41. The normalized spacial score (nSPS) is 7.25. The van der Waals surface area contributed by atoms with Crippen molar-refractivity contribution in [2.45, 2.75) is 0 Å². The van der Waals surface area contributed by atoms with Crippen LogP contribution >= 0.6 is 8.69 Å². The van der Waals surface area contributed by atoms with Crippen molar-refractivity contribution in [1.82, 2.24) is 0 Å². The summed E-state index contributed by atoms with van der Waals surface area (Å²) < 4.78 is 8.57. The van der Waals surface area contributed by atoms with Crippen molar-refractivity contribution >= 4 is 60.1 Å². The van der Waals surface area contributed by atoms with E-state index in [0.29, 0.717) is 0 Å². The Kier molecular flexibility index (Phi) is 20.5. The van der Waals surface area contributed by atoms with Gasteiger partial charge in [0.1, 0.15) is 0 Å². The summed E-state index contributed by atoms with van der Waals surface area (Å²) >= 11 is 0. The second-order valence-electron chi connectivity index (χ2n) is 0.105. The van der Waals surface area contributed by atoms with Crippen LogP contribution < -0.4 is 0 Å². The van der Waals surface area contributed by atoms with Gasteiger partial charge in [0.2, 0.25) is 0 Å². The van der Waals surface area contributed by atoms with Crippen LogP contribution in [0.2, 0.25) is 0 Å². The van der Waals surface area contributed by atoms with Gasteiger partial charge in [-0.2, -0.15) is 0 Å². The molecule has 0 fully saturated rings. The summed E-state index contributed by atoms with van der Waals surface area (Å²) in [5.74, 6) is 0. The molecule has 1 unspecified atom stereocenters. The molecule has 0 saturated carbocycles. The summed E-state index contributed by atoms with van der Waals surface area (Å²) in [4.78, 5) is 7.10. The molecule has 0 heterocycles. The van der Waals surface area contributed by atoms with E-state index in [2.05, 4.69) is 0 Å². The Hall–Kier alpha value is 1.83. The van der Waals surface area contributed by atoms with Gasteiger partial charge in [-0.25, -0.2) is 0 Å². The summed E-state index contributed by atoms with van der Waals surface area (Å²) in [5, 5.41) is 0. The van der Waals surface area contributed by atoms with Gasteiger partial charge in [0, 0.05) is 0 Å². The first-order valence-electron chi connectivity index (χ1n) is 0.494. The van der Waals surface area contributed by atoms with Gasteiger partial charge in [0.25, 0.3) is 0 Å². The maximum atomic E-state index is 8.57. The molecular weight excluding hydrogens is 102 g/mol. The molecule has 4 heavy (non-hydrogen) atoms. The second-order valence-corrected chi connectivity index (χ2v) is 0.316. The van der Waals surface area contributed by atoms with Crippen LogP contribution in [-0.2, 0) is 4.57 Å². The van der Waals surface area contributed by atoms with E-state index < -0.39 is 8.69 Å². The molecule has 0 aliphatic carbocycles. The zero-order chi connectivity index (χ0) is 2.71. The van der Waals surface area contributed by atoms with Crippen LogP contribution in [0.25, 0.3) is 0 Å². The predicted molar refractivity (Wildman–Crippen MR) is 19.8 cm³/mol. The number of rotatable bonds is 0. The Morgan fingerprint density at radius 1 is 1.75 bits per heavy atom. The molecule has 0 aliphatic heterocycles. The molecule has 0 saturated heterocycles. The first kappa shape index (κ1) is 9.27. The molecule has 0 aromatic heterocycles. The monoisotopic (exact) mass is 106 g/mol. The third kappa shape index (κ3) is 9.16. The molecule has 0 rings (SSSR count). The van der Waals surface area contributed by atoms with Crippen LogP contribution in [0.4, 0.5) is 0 Å². The molecule has 0 radical (unpaired) electrons. The minimum atomic E-state index is -1.50. The van der Waals surface area contributed by atoms with Gasteiger partial charge in [-0.1, -0.05) is 0 Å². The molecule has 0 aliphatic rings. The average Bonchev–Trinajstić information content (AvgIpc) is 0.918. The fourth-order valence-electron chi connectivity index (χ4n) is 0. The van der Waals surface area contributed by atoms with Crippen molar-refractivity contribution in [2.75, 3.05) is 0 Å². The SMILES string of the molecule is O=[PH2]O.[KH]. The summed E-state index contributed by atoms with van der Waals surface area (Å²) in [5.41, 5.74) is 0. The van der Waals surface area contributed by atoms with Crippen LogP contribution in [0, 0.1) is 0 Å². The van der Waals surface area contributed by atoms with Gasteiger partial charge < -0.3 is 4.89 Å². The van der Waals surface area contributed by atoms with Crippen LogP contribution in [0.15, 0.2) is 0 Å². The summed E-state index contributed by atoms with van der Waals surface area (Å²) in [6, 6.07) is 0. The van der Waals surface area contributed by atoms with Crippen LogP contribution in [0.1, 0.15) is 0 Å². The van der Waals surface area contributed by atoms with Gasteiger partial charge in [-0.15, -0.1) is 0 Å². The molecule has 22 valence electrons. The number of hydrogen-bond acceptors (Lipinski definition) is 1. The van der Waals surface area contributed by atoms with E-state index in [1.54, 1.807) is 0 Å². The molecule has 1 atom stereocenters. The third-order valence-corrected chi connectivity index (χ3v) is 0. The van der Waals surface area contributed by atoms with E-state index >= 15 is 0 Å². The molecule has 0 aromatic carbocycles. The maximum absolute atomic E-state index is 8.57. The standard InChI is InChI=1S/K.H3O2P.H/c;1-3-2;/h;3H2,(H,1,2);. The minimum absolute atomic E-state index is 0.